The lowest BCUT2D eigenvalue weighted by molar-refractivity contribution is 0.0350. The summed E-state index contributed by atoms with van der Waals surface area (Å²) in [6.07, 6.45) is 7.39. The van der Waals surface area contributed by atoms with Crippen LogP contribution in [-0.2, 0) is 7.05 Å². The largest absolute Gasteiger partial charge is 0.390 e. The Morgan fingerprint density at radius 1 is 0.931 bits per heavy atom. The second-order valence-electron chi connectivity index (χ2n) is 8.19. The first-order valence-corrected chi connectivity index (χ1v) is 10.0. The van der Waals surface area contributed by atoms with Crippen LogP contribution in [0.3, 0.4) is 0 Å². The van der Waals surface area contributed by atoms with Crippen LogP contribution in [0.1, 0.15) is 19.8 Å². The van der Waals surface area contributed by atoms with E-state index in [4.69, 9.17) is 0 Å². The van der Waals surface area contributed by atoms with Gasteiger partial charge in [0.15, 0.2) is 0 Å². The number of benzene rings is 1. The molecule has 1 saturated heterocycles. The van der Waals surface area contributed by atoms with Gasteiger partial charge >= 0.3 is 0 Å². The fraction of sp³-hybridized carbons (Fsp3) is 0.304. The molecular formula is C23H25N5O. The lowest BCUT2D eigenvalue weighted by Gasteiger charge is -2.37. The second kappa shape index (κ2) is 6.74. The third kappa shape index (κ3) is 3.29. The van der Waals surface area contributed by atoms with E-state index in [1.54, 1.807) is 0 Å². The number of aryl methyl sites for hydroxylation is 1. The van der Waals surface area contributed by atoms with E-state index in [9.17, 15) is 5.11 Å². The summed E-state index contributed by atoms with van der Waals surface area (Å²) >= 11 is 0. The van der Waals surface area contributed by atoms with Gasteiger partial charge in [-0.05, 0) is 37.5 Å². The molecule has 1 fully saturated rings. The van der Waals surface area contributed by atoms with Crippen LogP contribution in [0.5, 0.6) is 0 Å². The molecule has 6 heteroatoms. The molecule has 4 aromatic rings. The molecule has 4 heterocycles. The number of fused-ring (bicyclic) bond motifs is 1. The van der Waals surface area contributed by atoms with Gasteiger partial charge in [0, 0.05) is 37.5 Å². The molecule has 5 rings (SSSR count). The Morgan fingerprint density at radius 3 is 2.34 bits per heavy atom. The first-order chi connectivity index (χ1) is 14.0. The third-order valence-electron chi connectivity index (χ3n) is 5.89. The van der Waals surface area contributed by atoms with Crippen LogP contribution in [0, 0.1) is 0 Å². The predicted molar refractivity (Wildman–Crippen MR) is 115 cm³/mol. The molecule has 0 saturated carbocycles. The van der Waals surface area contributed by atoms with Gasteiger partial charge in [0.2, 0.25) is 0 Å². The van der Waals surface area contributed by atoms with Crippen molar-refractivity contribution in [1.29, 1.82) is 0 Å². The molecular weight excluding hydrogens is 362 g/mol. The average Bonchev–Trinajstić information content (AvgIpc) is 3.34. The summed E-state index contributed by atoms with van der Waals surface area (Å²) in [5.41, 5.74) is 4.83. The number of hydrogen-bond donors (Lipinski definition) is 1. The average molecular weight is 387 g/mol. The normalized spacial score (nSPS) is 16.4. The van der Waals surface area contributed by atoms with Crippen molar-refractivity contribution in [2.24, 2.45) is 7.05 Å². The molecule has 1 N–H and O–H groups in total. The highest BCUT2D eigenvalue weighted by atomic mass is 16.3. The molecule has 1 aliphatic heterocycles. The zero-order valence-corrected chi connectivity index (χ0v) is 16.8. The minimum absolute atomic E-state index is 0.565. The number of aromatic nitrogens is 4. The molecule has 148 valence electrons. The van der Waals surface area contributed by atoms with Crippen LogP contribution >= 0.6 is 0 Å². The van der Waals surface area contributed by atoms with Gasteiger partial charge in [0.1, 0.15) is 11.5 Å². The summed E-state index contributed by atoms with van der Waals surface area (Å²) < 4.78 is 4.04. The summed E-state index contributed by atoms with van der Waals surface area (Å²) in [6, 6.07) is 14.8. The zero-order valence-electron chi connectivity index (χ0n) is 16.8. The Hall–Kier alpha value is -3.12. The van der Waals surface area contributed by atoms with E-state index in [1.807, 2.05) is 43.3 Å². The number of pyridine rings is 1. The van der Waals surface area contributed by atoms with Crippen LogP contribution in [0.15, 0.2) is 61.1 Å². The first kappa shape index (κ1) is 17.9. The molecule has 6 nitrogen and oxygen atoms in total. The fourth-order valence-corrected chi connectivity index (χ4v) is 4.09. The molecule has 1 aromatic carbocycles. The maximum Gasteiger partial charge on any atom is 0.138 e. The molecule has 0 bridgehead atoms. The van der Waals surface area contributed by atoms with E-state index in [2.05, 4.69) is 55.8 Å². The van der Waals surface area contributed by atoms with Gasteiger partial charge in [-0.25, -0.2) is 4.98 Å². The van der Waals surface area contributed by atoms with E-state index in [1.165, 1.54) is 0 Å². The lowest BCUT2D eigenvalue weighted by atomic mass is 9.94. The van der Waals surface area contributed by atoms with Gasteiger partial charge in [-0.2, -0.15) is 5.10 Å². The Morgan fingerprint density at radius 2 is 1.66 bits per heavy atom. The van der Waals surface area contributed by atoms with Crippen LogP contribution < -0.4 is 4.90 Å². The Bertz CT molecular complexity index is 1150. The van der Waals surface area contributed by atoms with Crippen LogP contribution in [0.2, 0.25) is 0 Å². The molecule has 0 radical (unpaired) electrons. The van der Waals surface area contributed by atoms with Gasteiger partial charge < -0.3 is 10.0 Å². The molecule has 1 aliphatic rings. The number of imidazole rings is 1. The number of rotatable bonds is 3. The first-order valence-electron chi connectivity index (χ1n) is 10.0. The monoisotopic (exact) mass is 387 g/mol. The quantitative estimate of drug-likeness (QED) is 0.582. The lowest BCUT2D eigenvalue weighted by Crippen LogP contribution is -2.43. The second-order valence-corrected chi connectivity index (χ2v) is 8.19. The minimum atomic E-state index is -0.565. The highest BCUT2D eigenvalue weighted by Gasteiger charge is 2.28. The number of nitrogens with zero attached hydrogens (tertiary/aromatic N) is 5. The van der Waals surface area contributed by atoms with Gasteiger partial charge in [0.25, 0.3) is 0 Å². The van der Waals surface area contributed by atoms with Gasteiger partial charge in [-0.3, -0.25) is 9.08 Å². The van der Waals surface area contributed by atoms with Crippen molar-refractivity contribution in [3.8, 4) is 22.4 Å². The SMILES string of the molecule is Cn1cc(-c2ccc(-c3cnc4cccc(N5CCC(C)(O)CC5)n34)cc2)cn1. The molecule has 0 amide bonds. The highest BCUT2D eigenvalue weighted by molar-refractivity contribution is 5.71. The van der Waals surface area contributed by atoms with E-state index in [0.717, 1.165) is 59.8 Å². The molecule has 0 unspecified atom stereocenters. The van der Waals surface area contributed by atoms with Crippen LogP contribution in [-0.4, -0.2) is 43.0 Å². The maximum atomic E-state index is 10.3. The molecule has 0 spiro atoms. The van der Waals surface area contributed by atoms with Crippen molar-refractivity contribution in [2.45, 2.75) is 25.4 Å². The van der Waals surface area contributed by atoms with Crippen LogP contribution in [0.4, 0.5) is 5.82 Å². The van der Waals surface area contributed by atoms with E-state index in [-0.39, 0.29) is 0 Å². The molecule has 0 atom stereocenters. The van der Waals surface area contributed by atoms with Crippen molar-refractivity contribution in [3.63, 3.8) is 0 Å². The van der Waals surface area contributed by atoms with Crippen molar-refractivity contribution >= 4 is 11.5 Å². The van der Waals surface area contributed by atoms with Crippen molar-refractivity contribution in [3.05, 3.63) is 61.1 Å². The van der Waals surface area contributed by atoms with Crippen molar-refractivity contribution in [1.82, 2.24) is 19.2 Å². The molecule has 29 heavy (non-hydrogen) atoms. The standard InChI is InChI=1S/C23H25N5O/c1-23(29)10-12-27(13-11-23)22-5-3-4-21-24-15-20(28(21)22)18-8-6-17(7-9-18)19-14-25-26(2)16-19/h3-9,14-16,29H,10-13H2,1-2H3. The summed E-state index contributed by atoms with van der Waals surface area (Å²) in [7, 11) is 1.93. The van der Waals surface area contributed by atoms with E-state index in [0.29, 0.717) is 0 Å². The smallest absolute Gasteiger partial charge is 0.138 e. The van der Waals surface area contributed by atoms with E-state index < -0.39 is 5.60 Å². The summed E-state index contributed by atoms with van der Waals surface area (Å²) in [6.45, 7) is 3.60. The molecule has 3 aromatic heterocycles. The summed E-state index contributed by atoms with van der Waals surface area (Å²) in [4.78, 5) is 6.98. The minimum Gasteiger partial charge on any atom is -0.390 e. The fourth-order valence-electron chi connectivity index (χ4n) is 4.09. The van der Waals surface area contributed by atoms with Crippen molar-refractivity contribution < 1.29 is 5.11 Å². The zero-order chi connectivity index (χ0) is 20.0. The van der Waals surface area contributed by atoms with Gasteiger partial charge in [0.05, 0.1) is 23.7 Å². The summed E-state index contributed by atoms with van der Waals surface area (Å²) in [5.74, 6) is 1.13. The number of piperidine rings is 1. The Labute approximate surface area is 170 Å². The Balaban J connectivity index is 1.52. The van der Waals surface area contributed by atoms with Crippen molar-refractivity contribution in [2.75, 3.05) is 18.0 Å². The van der Waals surface area contributed by atoms with Crippen LogP contribution in [0.25, 0.3) is 28.0 Å². The predicted octanol–water partition coefficient (Wildman–Crippen LogP) is 3.75. The number of hydrogen-bond acceptors (Lipinski definition) is 4. The number of anilines is 1. The third-order valence-corrected chi connectivity index (χ3v) is 5.89. The maximum absolute atomic E-state index is 10.3. The van der Waals surface area contributed by atoms with E-state index >= 15 is 0 Å². The van der Waals surface area contributed by atoms with Gasteiger partial charge in [-0.15, -0.1) is 0 Å². The van der Waals surface area contributed by atoms with Gasteiger partial charge in [-0.1, -0.05) is 30.3 Å². The topological polar surface area (TPSA) is 58.6 Å². The number of aliphatic hydroxyl groups is 1. The Kier molecular flexibility index (Phi) is 4.17. The highest BCUT2D eigenvalue weighted by Crippen LogP contribution is 2.31. The summed E-state index contributed by atoms with van der Waals surface area (Å²) in [5, 5.41) is 14.6. The molecule has 0 aliphatic carbocycles.